The van der Waals surface area contributed by atoms with Crippen LogP contribution in [0, 0.1) is 11.7 Å². The number of rotatable bonds is 8. The van der Waals surface area contributed by atoms with E-state index < -0.39 is 37.5 Å². The molecule has 0 spiro atoms. The Bertz CT molecular complexity index is 1460. The molecule has 1 amide bonds. The lowest BCUT2D eigenvalue weighted by Gasteiger charge is -2.30. The molecule has 4 rings (SSSR count). The fourth-order valence-corrected chi connectivity index (χ4v) is 6.71. The molecule has 3 aromatic rings. The molecule has 0 atom stereocenters. The largest absolute Gasteiger partial charge is 0.326 e. The SMILES string of the molecule is O=C(Nc1ccc(S(=O)(=O)Nc2ncccn2)cc1)C1CCN(S(=O)(=O)Cc2c(F)cccc2Cl)CC1. The summed E-state index contributed by atoms with van der Waals surface area (Å²) in [6.45, 7) is 0.216. The van der Waals surface area contributed by atoms with E-state index in [0.717, 1.165) is 6.07 Å². The van der Waals surface area contributed by atoms with Crippen molar-refractivity contribution >= 4 is 49.2 Å². The molecule has 14 heteroatoms. The first-order valence-electron chi connectivity index (χ1n) is 11.2. The number of amides is 1. The zero-order chi connectivity index (χ0) is 26.6. The lowest BCUT2D eigenvalue weighted by Crippen LogP contribution is -2.42. The van der Waals surface area contributed by atoms with Gasteiger partial charge in [-0.25, -0.2) is 40.2 Å². The summed E-state index contributed by atoms with van der Waals surface area (Å²) in [5.74, 6) is -2.06. The monoisotopic (exact) mass is 567 g/mol. The van der Waals surface area contributed by atoms with Gasteiger partial charge in [0, 0.05) is 47.7 Å². The van der Waals surface area contributed by atoms with Crippen LogP contribution in [0.3, 0.4) is 0 Å². The van der Waals surface area contributed by atoms with Gasteiger partial charge in [-0.2, -0.15) is 0 Å². The first kappa shape index (κ1) is 26.9. The molecule has 1 saturated heterocycles. The van der Waals surface area contributed by atoms with Crippen LogP contribution in [0.4, 0.5) is 16.0 Å². The first-order chi connectivity index (χ1) is 17.5. The summed E-state index contributed by atoms with van der Waals surface area (Å²) in [6.07, 6.45) is 3.37. The van der Waals surface area contributed by atoms with Crippen LogP contribution in [0.5, 0.6) is 0 Å². The molecular formula is C23H23ClFN5O5S2. The minimum Gasteiger partial charge on any atom is -0.326 e. The van der Waals surface area contributed by atoms with Crippen LogP contribution in [-0.2, 0) is 30.6 Å². The van der Waals surface area contributed by atoms with Crippen LogP contribution in [0.2, 0.25) is 5.02 Å². The zero-order valence-electron chi connectivity index (χ0n) is 19.3. The molecule has 2 N–H and O–H groups in total. The van der Waals surface area contributed by atoms with Crippen molar-refractivity contribution in [2.24, 2.45) is 5.92 Å². The highest BCUT2D eigenvalue weighted by Gasteiger charge is 2.32. The number of benzene rings is 2. The summed E-state index contributed by atoms with van der Waals surface area (Å²) in [4.78, 5) is 20.3. The van der Waals surface area contributed by atoms with Gasteiger partial charge in [-0.15, -0.1) is 0 Å². The van der Waals surface area contributed by atoms with E-state index in [1.807, 2.05) is 0 Å². The number of hydrogen-bond donors (Lipinski definition) is 2. The second-order valence-electron chi connectivity index (χ2n) is 8.32. The highest BCUT2D eigenvalue weighted by atomic mass is 35.5. The second-order valence-corrected chi connectivity index (χ2v) is 12.4. The van der Waals surface area contributed by atoms with E-state index in [4.69, 9.17) is 11.6 Å². The Labute approximate surface area is 219 Å². The van der Waals surface area contributed by atoms with Crippen molar-refractivity contribution in [1.29, 1.82) is 0 Å². The van der Waals surface area contributed by atoms with Crippen LogP contribution in [-0.4, -0.2) is 50.1 Å². The van der Waals surface area contributed by atoms with Crippen LogP contribution < -0.4 is 10.0 Å². The predicted octanol–water partition coefficient (Wildman–Crippen LogP) is 3.25. The quantitative estimate of drug-likeness (QED) is 0.426. The minimum absolute atomic E-state index is 0.0357. The van der Waals surface area contributed by atoms with Crippen LogP contribution in [0.15, 0.2) is 65.8 Å². The number of carbonyl (C=O) groups excluding carboxylic acids is 1. The highest BCUT2D eigenvalue weighted by Crippen LogP contribution is 2.27. The Balaban J connectivity index is 1.32. The van der Waals surface area contributed by atoms with Gasteiger partial charge in [-0.1, -0.05) is 17.7 Å². The normalized spacial score (nSPS) is 15.3. The Morgan fingerprint density at radius 2 is 1.65 bits per heavy atom. The molecule has 0 radical (unpaired) electrons. The van der Waals surface area contributed by atoms with Gasteiger partial charge in [0.1, 0.15) is 5.82 Å². The average Bonchev–Trinajstić information content (AvgIpc) is 2.87. The lowest BCUT2D eigenvalue weighted by atomic mass is 9.97. The Kier molecular flexibility index (Phi) is 8.07. The van der Waals surface area contributed by atoms with Gasteiger partial charge < -0.3 is 5.32 Å². The molecule has 37 heavy (non-hydrogen) atoms. The third kappa shape index (κ3) is 6.60. The van der Waals surface area contributed by atoms with Gasteiger partial charge in [0.05, 0.1) is 10.6 Å². The fraction of sp³-hybridized carbons (Fsp3) is 0.261. The molecule has 1 aliphatic rings. The van der Waals surface area contributed by atoms with E-state index in [9.17, 15) is 26.0 Å². The molecule has 196 valence electrons. The van der Waals surface area contributed by atoms with Gasteiger partial charge >= 0.3 is 0 Å². The number of aromatic nitrogens is 2. The number of sulfonamides is 2. The van der Waals surface area contributed by atoms with Crippen molar-refractivity contribution in [1.82, 2.24) is 14.3 Å². The van der Waals surface area contributed by atoms with Crippen LogP contribution in [0.1, 0.15) is 18.4 Å². The van der Waals surface area contributed by atoms with E-state index in [-0.39, 0.29) is 53.3 Å². The number of halogens is 2. The molecular weight excluding hydrogens is 545 g/mol. The summed E-state index contributed by atoms with van der Waals surface area (Å²) < 4.78 is 68.1. The highest BCUT2D eigenvalue weighted by molar-refractivity contribution is 7.92. The van der Waals surface area contributed by atoms with Gasteiger partial charge in [0.25, 0.3) is 10.0 Å². The maximum Gasteiger partial charge on any atom is 0.264 e. The summed E-state index contributed by atoms with van der Waals surface area (Å²) in [5, 5.41) is 2.78. The Hall–Kier alpha value is -3.13. The van der Waals surface area contributed by atoms with Crippen molar-refractivity contribution in [3.05, 3.63) is 77.3 Å². The molecule has 1 aromatic heterocycles. The number of anilines is 2. The van der Waals surface area contributed by atoms with Crippen molar-refractivity contribution < 1.29 is 26.0 Å². The number of piperidine rings is 1. The molecule has 0 saturated carbocycles. The topological polar surface area (TPSA) is 138 Å². The van der Waals surface area contributed by atoms with Crippen LogP contribution in [0.25, 0.3) is 0 Å². The van der Waals surface area contributed by atoms with Crippen molar-refractivity contribution in [3.63, 3.8) is 0 Å². The van der Waals surface area contributed by atoms with E-state index in [1.165, 1.54) is 53.1 Å². The number of nitrogens with one attached hydrogen (secondary N) is 2. The predicted molar refractivity (Wildman–Crippen MR) is 136 cm³/mol. The maximum absolute atomic E-state index is 14.0. The number of nitrogens with zero attached hydrogens (tertiary/aromatic N) is 3. The maximum atomic E-state index is 14.0. The molecule has 1 aliphatic heterocycles. The smallest absolute Gasteiger partial charge is 0.264 e. The second kappa shape index (κ2) is 11.1. The third-order valence-electron chi connectivity index (χ3n) is 5.83. The molecule has 0 aliphatic carbocycles. The number of hydrogen-bond acceptors (Lipinski definition) is 7. The molecule has 0 unspecified atom stereocenters. The summed E-state index contributed by atoms with van der Waals surface area (Å²) in [7, 11) is -7.73. The molecule has 1 fully saturated rings. The van der Waals surface area contributed by atoms with Gasteiger partial charge in [-0.05, 0) is 55.3 Å². The van der Waals surface area contributed by atoms with Gasteiger partial charge in [0.15, 0.2) is 0 Å². The van der Waals surface area contributed by atoms with E-state index >= 15 is 0 Å². The zero-order valence-corrected chi connectivity index (χ0v) is 21.7. The average molecular weight is 568 g/mol. The Morgan fingerprint density at radius 3 is 2.27 bits per heavy atom. The van der Waals surface area contributed by atoms with Gasteiger partial charge in [0.2, 0.25) is 21.9 Å². The summed E-state index contributed by atoms with van der Waals surface area (Å²) in [6, 6.07) is 11.1. The van der Waals surface area contributed by atoms with E-state index in [1.54, 1.807) is 6.07 Å². The van der Waals surface area contributed by atoms with E-state index in [2.05, 4.69) is 20.0 Å². The summed E-state index contributed by atoms with van der Waals surface area (Å²) >= 11 is 5.97. The van der Waals surface area contributed by atoms with Crippen molar-refractivity contribution in [2.45, 2.75) is 23.5 Å². The lowest BCUT2D eigenvalue weighted by molar-refractivity contribution is -0.120. The van der Waals surface area contributed by atoms with E-state index in [0.29, 0.717) is 5.69 Å². The fourth-order valence-electron chi connectivity index (χ4n) is 3.83. The third-order valence-corrected chi connectivity index (χ3v) is 9.33. The van der Waals surface area contributed by atoms with Crippen molar-refractivity contribution in [2.75, 3.05) is 23.1 Å². The molecule has 2 aromatic carbocycles. The Morgan fingerprint density at radius 1 is 1.00 bits per heavy atom. The standard InChI is InChI=1S/C23H23ClFN5O5S2/c24-20-3-1-4-21(25)19(20)15-36(32,33)30-13-9-16(10-14-30)22(31)28-17-5-7-18(8-6-17)37(34,35)29-23-26-11-2-12-27-23/h1-8,11-12,16H,9-10,13-15H2,(H,28,31)(H,26,27,29). The summed E-state index contributed by atoms with van der Waals surface area (Å²) in [5.41, 5.74) is 0.310. The van der Waals surface area contributed by atoms with Crippen LogP contribution >= 0.6 is 11.6 Å². The van der Waals surface area contributed by atoms with Gasteiger partial charge in [-0.3, -0.25) is 4.79 Å². The molecule has 2 heterocycles. The molecule has 0 bridgehead atoms. The molecule has 10 nitrogen and oxygen atoms in total. The van der Waals surface area contributed by atoms with Crippen molar-refractivity contribution in [3.8, 4) is 0 Å². The minimum atomic E-state index is -3.91. The first-order valence-corrected chi connectivity index (χ1v) is 14.6. The number of carbonyl (C=O) groups is 1.